The number of rotatable bonds is 6. The quantitative estimate of drug-likeness (QED) is 0.157. The summed E-state index contributed by atoms with van der Waals surface area (Å²) in [6.45, 7) is 22.7. The Morgan fingerprint density at radius 3 is 1.82 bits per heavy atom. The van der Waals surface area contributed by atoms with E-state index >= 15 is 0 Å². The largest absolute Gasteiger partial charge is 0.454 e. The Morgan fingerprint density at radius 2 is 1.18 bits per heavy atom. The molecule has 9 rings (SSSR count). The molecular weight excluding hydrogens is 735 g/mol. The van der Waals surface area contributed by atoms with Crippen LogP contribution in [0, 0.1) is 6.92 Å². The Kier molecular flexibility index (Phi) is 8.77. The summed E-state index contributed by atoms with van der Waals surface area (Å²) in [4.78, 5) is 14.8. The number of para-hydroxylation sites is 2. The standard InChI is InChI=1S/C54H56N5O/c1-31(2)41-29-37(34-22-24-36(25-23-34)49-55-51(53(6,7)8)57-52(56-49)54(9,10)11)30-42(32(3)4)46(41)59-44-20-16-15-19-43(44)58(12)50(59)45-33(5)21-27-40-39-28-26-35-17-13-14-18-38(35)47(39)60-48(40)45/h13-32H,1-12H3/q+1/i31D,32D. The third-order valence-corrected chi connectivity index (χ3v) is 11.8. The van der Waals surface area contributed by atoms with Crippen LogP contribution in [-0.4, -0.2) is 19.5 Å². The van der Waals surface area contributed by atoms with Gasteiger partial charge in [0, 0.05) is 46.4 Å². The second-order valence-electron chi connectivity index (χ2n) is 18.9. The minimum absolute atomic E-state index is 0.244. The molecule has 3 heterocycles. The van der Waals surface area contributed by atoms with Crippen molar-refractivity contribution in [2.75, 3.05) is 0 Å². The van der Waals surface area contributed by atoms with Gasteiger partial charge in [0.05, 0.1) is 7.05 Å². The van der Waals surface area contributed by atoms with Crippen molar-refractivity contribution in [2.45, 2.75) is 98.8 Å². The predicted molar refractivity (Wildman–Crippen MR) is 249 cm³/mol. The van der Waals surface area contributed by atoms with Crippen LogP contribution in [0.3, 0.4) is 0 Å². The molecule has 0 saturated heterocycles. The van der Waals surface area contributed by atoms with E-state index in [1.165, 1.54) is 0 Å². The zero-order valence-electron chi connectivity index (χ0n) is 39.0. The first kappa shape index (κ1) is 36.9. The molecule has 302 valence electrons. The fourth-order valence-corrected chi connectivity index (χ4v) is 8.56. The van der Waals surface area contributed by atoms with Gasteiger partial charge in [-0.1, -0.05) is 148 Å². The highest BCUT2D eigenvalue weighted by molar-refractivity contribution is 6.17. The molecule has 9 aromatic rings. The van der Waals surface area contributed by atoms with Gasteiger partial charge in [-0.15, -0.1) is 0 Å². The van der Waals surface area contributed by atoms with E-state index in [9.17, 15) is 2.74 Å². The van der Waals surface area contributed by atoms with E-state index in [0.29, 0.717) is 5.82 Å². The summed E-state index contributed by atoms with van der Waals surface area (Å²) in [5, 5.41) is 4.32. The smallest absolute Gasteiger partial charge is 0.299 e. The van der Waals surface area contributed by atoms with Crippen molar-refractivity contribution in [1.29, 1.82) is 0 Å². The molecule has 3 aromatic heterocycles. The maximum absolute atomic E-state index is 9.80. The number of imidazole rings is 1. The molecule has 0 unspecified atom stereocenters. The van der Waals surface area contributed by atoms with Crippen molar-refractivity contribution < 1.29 is 11.7 Å². The molecule has 0 aliphatic carbocycles. The average molecular weight is 793 g/mol. The summed E-state index contributed by atoms with van der Waals surface area (Å²) in [5.41, 5.74) is 10.6. The highest BCUT2D eigenvalue weighted by atomic mass is 16.3. The van der Waals surface area contributed by atoms with Gasteiger partial charge in [-0.2, -0.15) is 4.57 Å². The summed E-state index contributed by atoms with van der Waals surface area (Å²) in [6, 6.07) is 38.2. The second-order valence-corrected chi connectivity index (χ2v) is 18.9. The van der Waals surface area contributed by atoms with E-state index in [2.05, 4.69) is 174 Å². The fraction of sp³-hybridized carbons (Fsp3) is 0.296. The number of hydrogen-bond acceptors (Lipinski definition) is 4. The Labute approximate surface area is 356 Å². The molecule has 0 radical (unpaired) electrons. The van der Waals surface area contributed by atoms with E-state index in [0.717, 1.165) is 106 Å². The van der Waals surface area contributed by atoms with Crippen molar-refractivity contribution in [3.63, 3.8) is 0 Å². The molecule has 6 nitrogen and oxygen atoms in total. The van der Waals surface area contributed by atoms with Crippen LogP contribution >= 0.6 is 0 Å². The molecule has 0 spiro atoms. The first-order valence-corrected chi connectivity index (χ1v) is 21.0. The first-order valence-electron chi connectivity index (χ1n) is 22.0. The highest BCUT2D eigenvalue weighted by Gasteiger charge is 2.34. The topological polar surface area (TPSA) is 60.6 Å². The molecule has 0 bridgehead atoms. The van der Waals surface area contributed by atoms with Crippen LogP contribution in [0.15, 0.2) is 114 Å². The summed E-state index contributed by atoms with van der Waals surface area (Å²) in [7, 11) is 2.11. The molecular formula is C54H56N5O+. The highest BCUT2D eigenvalue weighted by Crippen LogP contribution is 2.44. The lowest BCUT2D eigenvalue weighted by atomic mass is 9.87. The molecule has 6 heteroatoms. The summed E-state index contributed by atoms with van der Waals surface area (Å²) in [6.07, 6.45) is 0. The van der Waals surface area contributed by atoms with Crippen LogP contribution in [0.4, 0.5) is 0 Å². The van der Waals surface area contributed by atoms with Gasteiger partial charge >= 0.3 is 0 Å². The molecule has 60 heavy (non-hydrogen) atoms. The lowest BCUT2D eigenvalue weighted by molar-refractivity contribution is -0.633. The van der Waals surface area contributed by atoms with Gasteiger partial charge in [0.2, 0.25) is 0 Å². The van der Waals surface area contributed by atoms with Crippen LogP contribution in [-0.2, 0) is 17.9 Å². The third-order valence-electron chi connectivity index (χ3n) is 11.8. The third kappa shape index (κ3) is 6.48. The van der Waals surface area contributed by atoms with Crippen LogP contribution in [0.5, 0.6) is 0 Å². The average Bonchev–Trinajstić information content (AvgIpc) is 3.74. The Bertz CT molecular complexity index is 3170. The molecule has 0 saturated carbocycles. The normalized spacial score (nSPS) is 13.5. The Hall–Kier alpha value is -6.14. The number of furan rings is 1. The van der Waals surface area contributed by atoms with E-state index in [4.69, 9.17) is 19.4 Å². The van der Waals surface area contributed by atoms with Crippen LogP contribution in [0.1, 0.15) is 112 Å². The number of fused-ring (bicyclic) bond motifs is 6. The number of aryl methyl sites for hydroxylation is 2. The van der Waals surface area contributed by atoms with Crippen molar-refractivity contribution in [1.82, 2.24) is 19.5 Å². The van der Waals surface area contributed by atoms with Crippen molar-refractivity contribution in [3.8, 4) is 39.6 Å². The van der Waals surface area contributed by atoms with Gasteiger partial charge in [0.15, 0.2) is 22.4 Å². The molecule has 0 aliphatic rings. The summed E-state index contributed by atoms with van der Waals surface area (Å²) in [5.74, 6) is 1.00. The van der Waals surface area contributed by atoms with Gasteiger partial charge in [-0.25, -0.2) is 19.5 Å². The molecule has 0 N–H and O–H groups in total. The van der Waals surface area contributed by atoms with Crippen LogP contribution < -0.4 is 4.57 Å². The maximum Gasteiger partial charge on any atom is 0.299 e. The molecule has 0 fully saturated rings. The van der Waals surface area contributed by atoms with Crippen LogP contribution in [0.25, 0.3) is 83.3 Å². The predicted octanol–water partition coefficient (Wildman–Crippen LogP) is 13.8. The minimum atomic E-state index is -1.05. The van der Waals surface area contributed by atoms with Gasteiger partial charge in [0.25, 0.3) is 5.82 Å². The van der Waals surface area contributed by atoms with Crippen LogP contribution in [0.2, 0.25) is 0 Å². The SMILES string of the molecule is [2H]C(C)(C)c1cc(-c2ccc(-c3nc(C(C)(C)C)nc(C(C)(C)C)n3)cc2)cc(C([2H])(C)C)c1-n1c(-c2c(C)ccc3c2oc2c4ccccc4ccc32)[n+](C)c2ccccc21. The Balaban J connectivity index is 1.30. The summed E-state index contributed by atoms with van der Waals surface area (Å²) < 4.78 is 31.2. The number of benzene rings is 6. The molecule has 0 aliphatic heterocycles. The number of nitrogens with zero attached hydrogens (tertiary/aromatic N) is 5. The molecule has 0 atom stereocenters. The van der Waals surface area contributed by atoms with E-state index in [-0.39, 0.29) is 10.8 Å². The fourth-order valence-electron chi connectivity index (χ4n) is 8.56. The number of hydrogen-bond donors (Lipinski definition) is 0. The monoisotopic (exact) mass is 792 g/mol. The van der Waals surface area contributed by atoms with Crippen molar-refractivity contribution in [3.05, 3.63) is 138 Å². The number of aromatic nitrogens is 5. The van der Waals surface area contributed by atoms with E-state index in [1.807, 2.05) is 27.7 Å². The zero-order chi connectivity index (χ0) is 44.3. The minimum Gasteiger partial charge on any atom is -0.454 e. The first-order chi connectivity index (χ1) is 29.1. The van der Waals surface area contributed by atoms with Gasteiger partial charge in [-0.3, -0.25) is 0 Å². The Morgan fingerprint density at radius 1 is 0.617 bits per heavy atom. The van der Waals surface area contributed by atoms with Crippen molar-refractivity contribution >= 4 is 43.7 Å². The van der Waals surface area contributed by atoms with Gasteiger partial charge < -0.3 is 4.42 Å². The maximum atomic E-state index is 9.80. The van der Waals surface area contributed by atoms with E-state index in [1.54, 1.807) is 0 Å². The van der Waals surface area contributed by atoms with Gasteiger partial charge in [0.1, 0.15) is 28.5 Å². The van der Waals surface area contributed by atoms with E-state index < -0.39 is 11.8 Å². The molecule has 6 aromatic carbocycles. The van der Waals surface area contributed by atoms with Crippen molar-refractivity contribution in [2.24, 2.45) is 7.05 Å². The second kappa shape index (κ2) is 14.3. The summed E-state index contributed by atoms with van der Waals surface area (Å²) >= 11 is 0. The van der Waals surface area contributed by atoms with Gasteiger partial charge in [-0.05, 0) is 71.1 Å². The lowest BCUT2D eigenvalue weighted by Gasteiger charge is -2.23. The lowest BCUT2D eigenvalue weighted by Crippen LogP contribution is -2.30. The molecule has 0 amide bonds. The zero-order valence-corrected chi connectivity index (χ0v) is 37.0.